The second-order valence-electron chi connectivity index (χ2n) is 7.14. The maximum Gasteiger partial charge on any atom is 0.256 e. The van der Waals surface area contributed by atoms with Crippen molar-refractivity contribution in [1.29, 1.82) is 0 Å². The first kappa shape index (κ1) is 24.5. The summed E-state index contributed by atoms with van der Waals surface area (Å²) in [6.45, 7) is 3.01. The van der Waals surface area contributed by atoms with Crippen molar-refractivity contribution in [3.63, 3.8) is 0 Å². The summed E-state index contributed by atoms with van der Waals surface area (Å²) in [6.07, 6.45) is 5.01. The number of halogens is 2. The maximum absolute atomic E-state index is 14.5. The highest BCUT2D eigenvalue weighted by atomic mass is 32.2. The Morgan fingerprint density at radius 2 is 1.79 bits per heavy atom. The number of ether oxygens (including phenoxy) is 1. The van der Waals surface area contributed by atoms with Gasteiger partial charge in [0.1, 0.15) is 23.2 Å². The number of hydrogen-bond acceptors (Lipinski definition) is 5. The van der Waals surface area contributed by atoms with Crippen LogP contribution >= 0.6 is 12.0 Å². The number of allylic oxidation sites excluding steroid dienone is 1. The normalized spacial score (nSPS) is 11.6. The zero-order chi connectivity index (χ0) is 23.8. The average Bonchev–Trinajstić information content (AvgIpc) is 2.79. The van der Waals surface area contributed by atoms with Gasteiger partial charge in [-0.1, -0.05) is 13.0 Å². The molecule has 0 radical (unpaired) electrons. The lowest BCUT2D eigenvalue weighted by Crippen LogP contribution is -2.22. The number of hydrogen-bond donors (Lipinski definition) is 1. The molecule has 0 unspecified atom stereocenters. The molecule has 33 heavy (non-hydrogen) atoms. The first-order chi connectivity index (χ1) is 16.0. The summed E-state index contributed by atoms with van der Waals surface area (Å²) in [7, 11) is 0. The molecule has 0 saturated heterocycles. The molecule has 3 rings (SSSR count). The SMILES string of the molecule is CC/C=C(\c1ccc(F)cc1F)c1ccc(=O)n(-c2ccc(OCCCOSC)cc2)c1N. The lowest BCUT2D eigenvalue weighted by molar-refractivity contribution is 0.267. The fourth-order valence-corrected chi connectivity index (χ4v) is 3.69. The Bertz CT molecular complexity index is 1180. The minimum atomic E-state index is -0.698. The molecule has 2 aromatic carbocycles. The van der Waals surface area contributed by atoms with Gasteiger partial charge in [0.25, 0.3) is 5.56 Å². The van der Waals surface area contributed by atoms with Crippen LogP contribution in [0.15, 0.2) is 65.5 Å². The van der Waals surface area contributed by atoms with E-state index < -0.39 is 11.6 Å². The second-order valence-corrected chi connectivity index (χ2v) is 7.71. The highest BCUT2D eigenvalue weighted by molar-refractivity contribution is 7.93. The van der Waals surface area contributed by atoms with Crippen LogP contribution in [-0.2, 0) is 4.18 Å². The summed E-state index contributed by atoms with van der Waals surface area (Å²) in [5.41, 5.74) is 7.82. The summed E-state index contributed by atoms with van der Waals surface area (Å²) in [6, 6.07) is 13.3. The molecule has 1 heterocycles. The average molecular weight is 473 g/mol. The Morgan fingerprint density at radius 1 is 1.06 bits per heavy atom. The van der Waals surface area contributed by atoms with Gasteiger partial charge >= 0.3 is 0 Å². The molecule has 0 fully saturated rings. The molecule has 0 saturated carbocycles. The van der Waals surface area contributed by atoms with Gasteiger partial charge in [0.2, 0.25) is 0 Å². The number of pyridine rings is 1. The third-order valence-corrected chi connectivity index (χ3v) is 5.31. The lowest BCUT2D eigenvalue weighted by atomic mass is 9.96. The molecular formula is C25H26F2N2O3S. The van der Waals surface area contributed by atoms with Crippen LogP contribution in [-0.4, -0.2) is 24.0 Å². The van der Waals surface area contributed by atoms with Crippen molar-refractivity contribution in [2.24, 2.45) is 0 Å². The summed E-state index contributed by atoms with van der Waals surface area (Å²) in [4.78, 5) is 12.7. The van der Waals surface area contributed by atoms with Gasteiger partial charge in [0, 0.05) is 35.9 Å². The fourth-order valence-electron chi connectivity index (χ4n) is 3.41. The summed E-state index contributed by atoms with van der Waals surface area (Å²) in [5, 5.41) is 0. The van der Waals surface area contributed by atoms with Crippen molar-refractivity contribution < 1.29 is 17.7 Å². The van der Waals surface area contributed by atoms with Crippen LogP contribution in [0.25, 0.3) is 11.3 Å². The molecular weight excluding hydrogens is 446 g/mol. The van der Waals surface area contributed by atoms with Crippen LogP contribution in [0.5, 0.6) is 5.75 Å². The van der Waals surface area contributed by atoms with Crippen LogP contribution in [0.4, 0.5) is 14.6 Å². The van der Waals surface area contributed by atoms with Gasteiger partial charge in [0.15, 0.2) is 0 Å². The van der Waals surface area contributed by atoms with E-state index in [4.69, 9.17) is 14.7 Å². The molecule has 174 valence electrons. The Hall–Kier alpha value is -3.10. The van der Waals surface area contributed by atoms with Crippen LogP contribution < -0.4 is 16.0 Å². The maximum atomic E-state index is 14.5. The van der Waals surface area contributed by atoms with Crippen LogP contribution in [0.2, 0.25) is 0 Å². The number of nitrogen functional groups attached to an aromatic ring is 1. The van der Waals surface area contributed by atoms with Crippen molar-refractivity contribution in [1.82, 2.24) is 4.57 Å². The lowest BCUT2D eigenvalue weighted by Gasteiger charge is -2.17. The Labute approximate surface area is 196 Å². The van der Waals surface area contributed by atoms with Gasteiger partial charge in [-0.3, -0.25) is 9.36 Å². The van der Waals surface area contributed by atoms with E-state index in [1.807, 2.05) is 13.2 Å². The zero-order valence-corrected chi connectivity index (χ0v) is 19.3. The second kappa shape index (κ2) is 11.7. The highest BCUT2D eigenvalue weighted by Gasteiger charge is 2.17. The zero-order valence-electron chi connectivity index (χ0n) is 18.5. The quantitative estimate of drug-likeness (QED) is 0.307. The first-order valence-electron chi connectivity index (χ1n) is 10.5. The van der Waals surface area contributed by atoms with Crippen molar-refractivity contribution >= 4 is 23.4 Å². The van der Waals surface area contributed by atoms with Crippen molar-refractivity contribution in [3.05, 3.63) is 93.8 Å². The van der Waals surface area contributed by atoms with Gasteiger partial charge in [-0.15, -0.1) is 0 Å². The Kier molecular flexibility index (Phi) is 8.68. The monoisotopic (exact) mass is 472 g/mol. The highest BCUT2D eigenvalue weighted by Crippen LogP contribution is 2.31. The number of nitrogens with two attached hydrogens (primary N) is 1. The Morgan fingerprint density at radius 3 is 2.45 bits per heavy atom. The van der Waals surface area contributed by atoms with E-state index in [0.717, 1.165) is 12.5 Å². The number of benzene rings is 2. The van der Waals surface area contributed by atoms with Gasteiger partial charge < -0.3 is 14.7 Å². The van der Waals surface area contributed by atoms with Crippen LogP contribution in [0.1, 0.15) is 30.9 Å². The molecule has 5 nitrogen and oxygen atoms in total. The number of nitrogens with zero attached hydrogens (tertiary/aromatic N) is 1. The Balaban J connectivity index is 1.93. The number of anilines is 1. The van der Waals surface area contributed by atoms with E-state index in [-0.39, 0.29) is 16.9 Å². The van der Waals surface area contributed by atoms with Gasteiger partial charge in [0.05, 0.1) is 18.9 Å². The molecule has 0 bridgehead atoms. The molecule has 0 atom stereocenters. The summed E-state index contributed by atoms with van der Waals surface area (Å²) in [5.74, 6) is -0.542. The number of rotatable bonds is 10. The van der Waals surface area contributed by atoms with E-state index in [2.05, 4.69) is 0 Å². The minimum absolute atomic E-state index is 0.161. The molecule has 0 aliphatic carbocycles. The molecule has 8 heteroatoms. The predicted molar refractivity (Wildman–Crippen MR) is 130 cm³/mol. The van der Waals surface area contributed by atoms with Gasteiger partial charge in [-0.05, 0) is 66.5 Å². The summed E-state index contributed by atoms with van der Waals surface area (Å²) >= 11 is 1.31. The topological polar surface area (TPSA) is 66.5 Å². The molecule has 0 spiro atoms. The molecule has 0 amide bonds. The molecule has 0 aliphatic heterocycles. The van der Waals surface area contributed by atoms with E-state index in [9.17, 15) is 13.6 Å². The van der Waals surface area contributed by atoms with E-state index in [0.29, 0.717) is 42.2 Å². The van der Waals surface area contributed by atoms with Crippen molar-refractivity contribution in [3.8, 4) is 11.4 Å². The third-order valence-electron chi connectivity index (χ3n) is 4.90. The van der Waals surface area contributed by atoms with Gasteiger partial charge in [-0.25, -0.2) is 8.78 Å². The van der Waals surface area contributed by atoms with E-state index >= 15 is 0 Å². The van der Waals surface area contributed by atoms with Crippen molar-refractivity contribution in [2.45, 2.75) is 19.8 Å². The predicted octanol–water partition coefficient (Wildman–Crippen LogP) is 5.60. The first-order valence-corrected chi connectivity index (χ1v) is 11.7. The van der Waals surface area contributed by atoms with E-state index in [1.54, 1.807) is 36.4 Å². The molecule has 1 aromatic heterocycles. The minimum Gasteiger partial charge on any atom is -0.494 e. The molecule has 0 aliphatic rings. The van der Waals surface area contributed by atoms with Crippen LogP contribution in [0, 0.1) is 11.6 Å². The smallest absolute Gasteiger partial charge is 0.256 e. The molecule has 3 aromatic rings. The number of aromatic nitrogens is 1. The fraction of sp³-hybridized carbons (Fsp3) is 0.240. The van der Waals surface area contributed by atoms with Crippen molar-refractivity contribution in [2.75, 3.05) is 25.2 Å². The van der Waals surface area contributed by atoms with Gasteiger partial charge in [-0.2, -0.15) is 0 Å². The summed E-state index contributed by atoms with van der Waals surface area (Å²) < 4.78 is 40.2. The largest absolute Gasteiger partial charge is 0.494 e. The molecule has 2 N–H and O–H groups in total. The van der Waals surface area contributed by atoms with E-state index in [1.165, 1.54) is 34.8 Å². The third kappa shape index (κ3) is 6.03. The standard InChI is InChI=1S/C25H26F2N2O3S/c1-3-5-20(21-11-6-17(26)16-23(21)27)22-12-13-24(30)29(25(22)28)18-7-9-19(10-8-18)31-14-4-15-32-33-2/h5-13,16H,3-4,14-15,28H2,1-2H3/b20-5+. The van der Waals surface area contributed by atoms with Crippen LogP contribution in [0.3, 0.4) is 0 Å².